The molecule has 0 aromatic heterocycles. The zero-order chi connectivity index (χ0) is 14.5. The molecule has 2 N–H and O–H groups in total. The molecule has 0 amide bonds. The van der Waals surface area contributed by atoms with E-state index in [0.29, 0.717) is 26.1 Å². The van der Waals surface area contributed by atoms with Gasteiger partial charge in [0.1, 0.15) is 5.54 Å². The fourth-order valence-electron chi connectivity index (χ4n) is 2.29. The van der Waals surface area contributed by atoms with E-state index in [0.717, 1.165) is 13.0 Å². The fourth-order valence-corrected chi connectivity index (χ4v) is 3.57. The zero-order valence-corrected chi connectivity index (χ0v) is 12.5. The third kappa shape index (κ3) is 5.08. The van der Waals surface area contributed by atoms with E-state index in [-0.39, 0.29) is 11.5 Å². The van der Waals surface area contributed by atoms with Gasteiger partial charge < -0.3 is 15.3 Å². The highest BCUT2D eigenvalue weighted by Crippen LogP contribution is 2.14. The van der Waals surface area contributed by atoms with Crippen molar-refractivity contribution in [2.45, 2.75) is 32.2 Å². The summed E-state index contributed by atoms with van der Waals surface area (Å²) < 4.78 is 22.6. The monoisotopic (exact) mass is 292 g/mol. The van der Waals surface area contributed by atoms with Crippen molar-refractivity contribution in [3.63, 3.8) is 0 Å². The van der Waals surface area contributed by atoms with E-state index in [9.17, 15) is 18.3 Å². The molecule has 0 radical (unpaired) electrons. The number of nitrogens with one attached hydrogen (secondary N) is 1. The van der Waals surface area contributed by atoms with Gasteiger partial charge in [0.25, 0.3) is 0 Å². The van der Waals surface area contributed by atoms with Crippen LogP contribution < -0.4 is 5.32 Å². The predicted molar refractivity (Wildman–Crippen MR) is 74.0 cm³/mol. The van der Waals surface area contributed by atoms with Crippen LogP contribution in [0.5, 0.6) is 0 Å². The van der Waals surface area contributed by atoms with Crippen LogP contribution in [0.15, 0.2) is 0 Å². The van der Waals surface area contributed by atoms with Crippen molar-refractivity contribution in [2.24, 2.45) is 0 Å². The summed E-state index contributed by atoms with van der Waals surface area (Å²) in [6, 6.07) is 0. The molecule has 1 fully saturated rings. The van der Waals surface area contributed by atoms with Gasteiger partial charge in [-0.05, 0) is 32.9 Å². The molecule has 1 unspecified atom stereocenters. The van der Waals surface area contributed by atoms with Crippen LogP contribution in [0.3, 0.4) is 0 Å². The quantitative estimate of drug-likeness (QED) is 0.684. The first-order valence-corrected chi connectivity index (χ1v) is 8.52. The third-order valence-corrected chi connectivity index (χ3v) is 5.24. The van der Waals surface area contributed by atoms with Crippen molar-refractivity contribution in [1.82, 2.24) is 10.2 Å². The highest BCUT2D eigenvalue weighted by Gasteiger charge is 2.31. The summed E-state index contributed by atoms with van der Waals surface area (Å²) in [6.07, 6.45) is 1.29. The van der Waals surface area contributed by atoms with Crippen molar-refractivity contribution in [3.8, 4) is 0 Å². The van der Waals surface area contributed by atoms with E-state index in [1.165, 1.54) is 0 Å². The van der Waals surface area contributed by atoms with E-state index in [2.05, 4.69) is 10.2 Å². The van der Waals surface area contributed by atoms with Crippen LogP contribution in [-0.4, -0.2) is 67.6 Å². The number of likely N-dealkylation sites (N-methyl/N-ethyl adjacent to an activating group) is 1. The second-order valence-electron chi connectivity index (χ2n) is 5.26. The smallest absolute Gasteiger partial charge is 0.323 e. The number of aliphatic carboxylic acids is 1. The molecule has 19 heavy (non-hydrogen) atoms. The second kappa shape index (κ2) is 6.67. The highest BCUT2D eigenvalue weighted by molar-refractivity contribution is 7.91. The molecule has 1 aliphatic rings. The standard InChI is InChI=1S/C12H24N2O4S/c1-3-13-12(2,11(15)16)5-4-6-14-7-9-19(17,18)10-8-14/h13H,3-10H2,1-2H3,(H,15,16). The van der Waals surface area contributed by atoms with Gasteiger partial charge in [-0.2, -0.15) is 0 Å². The largest absolute Gasteiger partial charge is 0.480 e. The summed E-state index contributed by atoms with van der Waals surface area (Å²) in [5.41, 5.74) is -0.892. The summed E-state index contributed by atoms with van der Waals surface area (Å²) in [7, 11) is -2.84. The molecule has 0 saturated carbocycles. The van der Waals surface area contributed by atoms with Crippen LogP contribution in [0.1, 0.15) is 26.7 Å². The first-order chi connectivity index (χ1) is 8.79. The minimum Gasteiger partial charge on any atom is -0.480 e. The van der Waals surface area contributed by atoms with Gasteiger partial charge in [-0.1, -0.05) is 6.92 Å². The minimum absolute atomic E-state index is 0.219. The van der Waals surface area contributed by atoms with Crippen LogP contribution in [0.4, 0.5) is 0 Å². The first kappa shape index (κ1) is 16.4. The lowest BCUT2D eigenvalue weighted by molar-refractivity contribution is -0.144. The van der Waals surface area contributed by atoms with Crippen LogP contribution in [0.2, 0.25) is 0 Å². The Kier molecular flexibility index (Phi) is 5.76. The number of nitrogens with zero attached hydrogens (tertiary/aromatic N) is 1. The maximum atomic E-state index is 11.3. The Morgan fingerprint density at radius 1 is 1.37 bits per heavy atom. The van der Waals surface area contributed by atoms with Gasteiger partial charge in [-0.15, -0.1) is 0 Å². The summed E-state index contributed by atoms with van der Waals surface area (Å²) >= 11 is 0. The lowest BCUT2D eigenvalue weighted by Gasteiger charge is -2.29. The molecule has 112 valence electrons. The highest BCUT2D eigenvalue weighted by atomic mass is 32.2. The Morgan fingerprint density at radius 3 is 2.42 bits per heavy atom. The molecule has 1 rings (SSSR count). The molecule has 0 bridgehead atoms. The number of sulfone groups is 1. The van der Waals surface area contributed by atoms with Crippen LogP contribution >= 0.6 is 0 Å². The van der Waals surface area contributed by atoms with Gasteiger partial charge in [0.05, 0.1) is 11.5 Å². The SMILES string of the molecule is CCNC(C)(CCCN1CCS(=O)(=O)CC1)C(=O)O. The lowest BCUT2D eigenvalue weighted by Crippen LogP contribution is -2.50. The average Bonchev–Trinajstić information content (AvgIpc) is 2.31. The van der Waals surface area contributed by atoms with E-state index in [1.54, 1.807) is 6.92 Å². The Bertz CT molecular complexity index is 396. The molecule has 0 aromatic rings. The van der Waals surface area contributed by atoms with Gasteiger partial charge >= 0.3 is 5.97 Å². The Balaban J connectivity index is 2.35. The number of rotatable bonds is 7. The molecule has 0 spiro atoms. The third-order valence-electron chi connectivity index (χ3n) is 3.63. The summed E-state index contributed by atoms with van der Waals surface area (Å²) in [6.45, 7) is 6.07. The van der Waals surface area contributed by atoms with Gasteiger partial charge in [0.15, 0.2) is 9.84 Å². The molecule has 7 heteroatoms. The Labute approximate surface area is 115 Å². The number of carboxylic acid groups (broad SMARTS) is 1. The van der Waals surface area contributed by atoms with Gasteiger partial charge in [0, 0.05) is 13.1 Å². The lowest BCUT2D eigenvalue weighted by atomic mass is 9.95. The number of hydrogen-bond acceptors (Lipinski definition) is 5. The number of carboxylic acids is 1. The van der Waals surface area contributed by atoms with Crippen LogP contribution in [0, 0.1) is 0 Å². The number of hydrogen-bond donors (Lipinski definition) is 2. The van der Waals surface area contributed by atoms with Crippen molar-refractivity contribution >= 4 is 15.8 Å². The molecular formula is C12H24N2O4S. The molecule has 6 nitrogen and oxygen atoms in total. The van der Waals surface area contributed by atoms with Gasteiger partial charge in [0.2, 0.25) is 0 Å². The maximum absolute atomic E-state index is 11.3. The van der Waals surface area contributed by atoms with Crippen molar-refractivity contribution in [3.05, 3.63) is 0 Å². The fraction of sp³-hybridized carbons (Fsp3) is 0.917. The minimum atomic E-state index is -2.84. The van der Waals surface area contributed by atoms with E-state index in [1.807, 2.05) is 6.92 Å². The van der Waals surface area contributed by atoms with Crippen molar-refractivity contribution in [2.75, 3.05) is 37.7 Å². The van der Waals surface area contributed by atoms with Crippen molar-refractivity contribution in [1.29, 1.82) is 0 Å². The summed E-state index contributed by atoms with van der Waals surface area (Å²) in [5, 5.41) is 12.2. The van der Waals surface area contributed by atoms with E-state index in [4.69, 9.17) is 0 Å². The second-order valence-corrected chi connectivity index (χ2v) is 7.57. The van der Waals surface area contributed by atoms with E-state index < -0.39 is 21.3 Å². The summed E-state index contributed by atoms with van der Waals surface area (Å²) in [4.78, 5) is 13.3. The average molecular weight is 292 g/mol. The van der Waals surface area contributed by atoms with Crippen LogP contribution in [-0.2, 0) is 14.6 Å². The molecule has 1 atom stereocenters. The molecule has 1 saturated heterocycles. The van der Waals surface area contributed by atoms with Crippen LogP contribution in [0.25, 0.3) is 0 Å². The molecule has 1 heterocycles. The Morgan fingerprint density at radius 2 is 1.95 bits per heavy atom. The maximum Gasteiger partial charge on any atom is 0.323 e. The first-order valence-electron chi connectivity index (χ1n) is 6.70. The van der Waals surface area contributed by atoms with E-state index >= 15 is 0 Å². The Hall–Kier alpha value is -0.660. The summed E-state index contributed by atoms with van der Waals surface area (Å²) in [5.74, 6) is -0.400. The predicted octanol–water partition coefficient (Wildman–Crippen LogP) is -0.0502. The molecular weight excluding hydrogens is 268 g/mol. The molecule has 0 aromatic carbocycles. The normalized spacial score (nSPS) is 22.8. The topological polar surface area (TPSA) is 86.7 Å². The van der Waals surface area contributed by atoms with Crippen molar-refractivity contribution < 1.29 is 18.3 Å². The number of carbonyl (C=O) groups is 1. The molecule has 0 aliphatic carbocycles. The van der Waals surface area contributed by atoms with Gasteiger partial charge in [-0.3, -0.25) is 4.79 Å². The molecule has 1 aliphatic heterocycles. The van der Waals surface area contributed by atoms with Gasteiger partial charge in [-0.25, -0.2) is 8.42 Å². The zero-order valence-electron chi connectivity index (χ0n) is 11.7.